The highest BCUT2D eigenvalue weighted by Gasteiger charge is 1.81. The zero-order valence-electron chi connectivity index (χ0n) is 5.26. The van der Waals surface area contributed by atoms with Crippen LogP contribution in [0.5, 0.6) is 0 Å². The van der Waals surface area contributed by atoms with E-state index in [1.807, 2.05) is 0 Å². The van der Waals surface area contributed by atoms with Crippen LogP contribution < -0.4 is 5.73 Å². The summed E-state index contributed by atoms with van der Waals surface area (Å²) in [4.78, 5) is 3.79. The third-order valence-electron chi connectivity index (χ3n) is 0.635. The molecule has 0 unspecified atom stereocenters. The average molecular weight is 145 g/mol. The van der Waals surface area contributed by atoms with Crippen LogP contribution in [-0.4, -0.2) is 5.71 Å². The molecule has 0 saturated carbocycles. The van der Waals surface area contributed by atoms with Gasteiger partial charge in [-0.3, -0.25) is 0 Å². The van der Waals surface area contributed by atoms with Gasteiger partial charge in [0.1, 0.15) is 5.16 Å². The lowest BCUT2D eigenvalue weighted by Gasteiger charge is -1.86. The normalized spacial score (nSPS) is 12.4. The predicted octanol–water partition coefficient (Wildman–Crippen LogP) is 1.63. The minimum atomic E-state index is 0.269. The molecule has 0 fully saturated rings. The van der Waals surface area contributed by atoms with Gasteiger partial charge in [-0.2, -0.15) is 0 Å². The Kier molecular flexibility index (Phi) is 3.80. The third-order valence-corrected chi connectivity index (χ3v) is 0.720. The van der Waals surface area contributed by atoms with E-state index >= 15 is 0 Å². The Balaban J connectivity index is 4.00. The van der Waals surface area contributed by atoms with E-state index in [0.717, 1.165) is 5.71 Å². The Morgan fingerprint density at radius 1 is 1.78 bits per heavy atom. The Hall–Kier alpha value is -0.760. The van der Waals surface area contributed by atoms with E-state index in [9.17, 15) is 0 Å². The van der Waals surface area contributed by atoms with Crippen LogP contribution in [-0.2, 0) is 0 Å². The molecule has 9 heavy (non-hydrogen) atoms. The van der Waals surface area contributed by atoms with Crippen LogP contribution in [0.25, 0.3) is 0 Å². The Labute approximate surface area is 59.7 Å². The predicted molar refractivity (Wildman–Crippen MR) is 41.4 cm³/mol. The zero-order chi connectivity index (χ0) is 7.28. The van der Waals surface area contributed by atoms with E-state index in [-0.39, 0.29) is 5.16 Å². The van der Waals surface area contributed by atoms with Crippen LogP contribution in [0.4, 0.5) is 0 Å². The first-order valence-electron chi connectivity index (χ1n) is 2.45. The summed E-state index contributed by atoms with van der Waals surface area (Å²) in [6, 6.07) is 0. The van der Waals surface area contributed by atoms with Crippen molar-refractivity contribution in [3.8, 4) is 0 Å². The molecule has 0 aromatic carbocycles. The molecule has 0 aromatic rings. The Morgan fingerprint density at radius 2 is 2.33 bits per heavy atom. The molecule has 0 aliphatic heterocycles. The summed E-state index contributed by atoms with van der Waals surface area (Å²) < 4.78 is 0. The van der Waals surface area contributed by atoms with Crippen molar-refractivity contribution in [2.24, 2.45) is 10.7 Å². The van der Waals surface area contributed by atoms with Gasteiger partial charge in [-0.15, -0.1) is 0 Å². The second-order valence-electron chi connectivity index (χ2n) is 1.49. The van der Waals surface area contributed by atoms with Gasteiger partial charge in [0, 0.05) is 5.71 Å². The summed E-state index contributed by atoms with van der Waals surface area (Å²) in [5, 5.41) is 0.269. The minimum absolute atomic E-state index is 0.269. The van der Waals surface area contributed by atoms with Gasteiger partial charge in [-0.25, -0.2) is 4.99 Å². The fourth-order valence-corrected chi connectivity index (χ4v) is 0.501. The molecule has 0 aliphatic rings. The largest absolute Gasteiger partial charge is 0.405 e. The van der Waals surface area contributed by atoms with E-state index in [0.29, 0.717) is 0 Å². The van der Waals surface area contributed by atoms with Crippen LogP contribution in [0.1, 0.15) is 6.92 Å². The van der Waals surface area contributed by atoms with Gasteiger partial charge in [-0.1, -0.05) is 18.2 Å². The molecular formula is C6H9ClN2. The molecule has 3 heteroatoms. The molecule has 0 radical (unpaired) electrons. The molecule has 0 heterocycles. The van der Waals surface area contributed by atoms with Crippen molar-refractivity contribution in [1.29, 1.82) is 0 Å². The highest BCUT2D eigenvalue weighted by molar-refractivity contribution is 6.29. The van der Waals surface area contributed by atoms with Gasteiger partial charge in [0.15, 0.2) is 0 Å². The SMILES string of the molecule is C=C(Cl)/N=C(C)\C=C/N. The highest BCUT2D eigenvalue weighted by atomic mass is 35.5. The molecule has 2 nitrogen and oxygen atoms in total. The van der Waals surface area contributed by atoms with Crippen LogP contribution in [0, 0.1) is 0 Å². The van der Waals surface area contributed by atoms with E-state index in [1.165, 1.54) is 6.20 Å². The quantitative estimate of drug-likeness (QED) is 0.464. The van der Waals surface area contributed by atoms with Crippen LogP contribution in [0.15, 0.2) is 29.0 Å². The lowest BCUT2D eigenvalue weighted by molar-refractivity contribution is 1.50. The first-order valence-corrected chi connectivity index (χ1v) is 2.82. The van der Waals surface area contributed by atoms with E-state index < -0.39 is 0 Å². The summed E-state index contributed by atoms with van der Waals surface area (Å²) in [6.07, 6.45) is 3.05. The van der Waals surface area contributed by atoms with Crippen LogP contribution >= 0.6 is 11.6 Å². The van der Waals surface area contributed by atoms with Crippen molar-refractivity contribution < 1.29 is 0 Å². The van der Waals surface area contributed by atoms with E-state index in [1.54, 1.807) is 13.0 Å². The number of hydrogen-bond donors (Lipinski definition) is 1. The summed E-state index contributed by atoms with van der Waals surface area (Å²) in [5.41, 5.74) is 5.82. The molecule has 0 amide bonds. The number of rotatable bonds is 2. The van der Waals surface area contributed by atoms with E-state index in [4.69, 9.17) is 17.3 Å². The molecule has 0 spiro atoms. The number of halogens is 1. The van der Waals surface area contributed by atoms with Crippen molar-refractivity contribution in [1.82, 2.24) is 0 Å². The lowest BCUT2D eigenvalue weighted by atomic mass is 10.4. The van der Waals surface area contributed by atoms with Gasteiger partial charge < -0.3 is 5.73 Å². The van der Waals surface area contributed by atoms with Crippen LogP contribution in [0.2, 0.25) is 0 Å². The van der Waals surface area contributed by atoms with E-state index in [2.05, 4.69) is 11.6 Å². The highest BCUT2D eigenvalue weighted by Crippen LogP contribution is 1.98. The topological polar surface area (TPSA) is 38.4 Å². The molecule has 0 rings (SSSR count). The van der Waals surface area contributed by atoms with Crippen LogP contribution in [0.3, 0.4) is 0 Å². The maximum atomic E-state index is 5.35. The van der Waals surface area contributed by atoms with Crippen molar-refractivity contribution >= 4 is 17.3 Å². The van der Waals surface area contributed by atoms with Gasteiger partial charge in [0.05, 0.1) is 0 Å². The molecule has 2 N–H and O–H groups in total. The monoisotopic (exact) mass is 144 g/mol. The molecule has 50 valence electrons. The van der Waals surface area contributed by atoms with Gasteiger partial charge in [0.25, 0.3) is 0 Å². The zero-order valence-corrected chi connectivity index (χ0v) is 6.02. The molecular weight excluding hydrogens is 136 g/mol. The van der Waals surface area contributed by atoms with Gasteiger partial charge >= 0.3 is 0 Å². The molecule has 0 aliphatic carbocycles. The number of allylic oxidation sites excluding steroid dienone is 1. The standard InChI is InChI=1S/C6H9ClN2/c1-5(3-4-8)9-6(2)7/h3-4H,2,8H2,1H3/b4-3-,9-5-. The first kappa shape index (κ1) is 8.24. The number of nitrogens with two attached hydrogens (primary N) is 1. The van der Waals surface area contributed by atoms with Crippen molar-refractivity contribution in [3.05, 3.63) is 24.0 Å². The third kappa shape index (κ3) is 5.11. The summed E-state index contributed by atoms with van der Waals surface area (Å²) in [5.74, 6) is 0. The van der Waals surface area contributed by atoms with Crippen molar-refractivity contribution in [2.75, 3.05) is 0 Å². The Morgan fingerprint density at radius 3 is 2.67 bits per heavy atom. The molecule has 0 atom stereocenters. The second-order valence-corrected chi connectivity index (χ2v) is 1.92. The smallest absolute Gasteiger partial charge is 0.122 e. The molecule has 0 saturated heterocycles. The maximum absolute atomic E-state index is 5.35. The van der Waals surface area contributed by atoms with Crippen molar-refractivity contribution in [2.45, 2.75) is 6.92 Å². The Bertz CT molecular complexity index is 158. The van der Waals surface area contributed by atoms with Crippen molar-refractivity contribution in [3.63, 3.8) is 0 Å². The van der Waals surface area contributed by atoms with Gasteiger partial charge in [0.2, 0.25) is 0 Å². The number of hydrogen-bond acceptors (Lipinski definition) is 2. The lowest BCUT2D eigenvalue weighted by Crippen LogP contribution is -1.86. The fourth-order valence-electron chi connectivity index (χ4n) is 0.368. The minimum Gasteiger partial charge on any atom is -0.405 e. The first-order chi connectivity index (χ1) is 4.16. The molecule has 0 bridgehead atoms. The average Bonchev–Trinajstić information content (AvgIpc) is 1.63. The maximum Gasteiger partial charge on any atom is 0.122 e. The summed E-state index contributed by atoms with van der Waals surface area (Å²) >= 11 is 5.35. The summed E-state index contributed by atoms with van der Waals surface area (Å²) in [6.45, 7) is 5.17. The second kappa shape index (κ2) is 4.15. The summed E-state index contributed by atoms with van der Waals surface area (Å²) in [7, 11) is 0. The molecule has 0 aromatic heterocycles. The van der Waals surface area contributed by atoms with Gasteiger partial charge in [-0.05, 0) is 19.2 Å². The number of aliphatic imine (C=N–C) groups is 1. The fraction of sp³-hybridized carbons (Fsp3) is 0.167. The number of nitrogens with zero attached hydrogens (tertiary/aromatic N) is 1.